The third kappa shape index (κ3) is 4.03. The maximum absolute atomic E-state index is 11.3. The minimum Gasteiger partial charge on any atom is -0.492 e. The molecule has 1 amide bonds. The molecule has 3 aromatic rings. The third-order valence-corrected chi connectivity index (χ3v) is 4.72. The molecule has 1 aromatic carbocycles. The average Bonchev–Trinajstić information content (AvgIpc) is 3.06. The molecule has 2 aromatic heterocycles. The van der Waals surface area contributed by atoms with Crippen molar-refractivity contribution in [1.82, 2.24) is 19.9 Å². The Morgan fingerprint density at radius 1 is 1.41 bits per heavy atom. The van der Waals surface area contributed by atoms with Crippen molar-refractivity contribution >= 4 is 27.8 Å². The van der Waals surface area contributed by atoms with Gasteiger partial charge in [-0.1, -0.05) is 13.8 Å². The molecule has 2 heterocycles. The van der Waals surface area contributed by atoms with Gasteiger partial charge >= 0.3 is 0 Å². The lowest BCUT2D eigenvalue weighted by Gasteiger charge is -2.14. The summed E-state index contributed by atoms with van der Waals surface area (Å²) in [5.74, 6) is 1.02. The molecule has 0 radical (unpaired) electrons. The van der Waals surface area contributed by atoms with E-state index in [2.05, 4.69) is 17.2 Å². The highest BCUT2D eigenvalue weighted by molar-refractivity contribution is 6.04. The van der Waals surface area contributed by atoms with E-state index >= 15 is 0 Å². The Hall–Kier alpha value is -2.67. The standard InChI is InChI=1S/C20H27N5O2/c1-4-17(26)22-9-10-27-14-5-6-16-15(11-14)20-19(23-12-25(20)3)18(24-16)13(2)7-8-21/h5-6,11-13H,4,7-10,21H2,1-3H3,(H,22,26). The van der Waals surface area contributed by atoms with Crippen molar-refractivity contribution in [3.05, 3.63) is 30.2 Å². The van der Waals surface area contributed by atoms with E-state index in [1.54, 1.807) is 0 Å². The number of aryl methyl sites for hydroxylation is 1. The molecule has 3 N–H and O–H groups in total. The summed E-state index contributed by atoms with van der Waals surface area (Å²) in [6, 6.07) is 5.88. The van der Waals surface area contributed by atoms with Gasteiger partial charge in [-0.2, -0.15) is 0 Å². The van der Waals surface area contributed by atoms with Crippen LogP contribution in [0.25, 0.3) is 21.9 Å². The Balaban J connectivity index is 1.92. The van der Waals surface area contributed by atoms with E-state index in [1.807, 2.05) is 43.1 Å². The van der Waals surface area contributed by atoms with Gasteiger partial charge in [-0.3, -0.25) is 9.78 Å². The minimum absolute atomic E-state index is 0.0250. The van der Waals surface area contributed by atoms with E-state index in [0.717, 1.165) is 39.8 Å². The van der Waals surface area contributed by atoms with Crippen molar-refractivity contribution in [2.45, 2.75) is 32.6 Å². The molecule has 144 valence electrons. The monoisotopic (exact) mass is 369 g/mol. The second-order valence-corrected chi connectivity index (χ2v) is 6.76. The molecule has 3 rings (SSSR count). The molecular weight excluding hydrogens is 342 g/mol. The molecule has 0 aliphatic rings. The minimum atomic E-state index is 0.0250. The lowest BCUT2D eigenvalue weighted by Crippen LogP contribution is -2.27. The average molecular weight is 369 g/mol. The molecule has 0 aliphatic heterocycles. The number of nitrogens with zero attached hydrogens (tertiary/aromatic N) is 3. The highest BCUT2D eigenvalue weighted by Crippen LogP contribution is 2.32. The number of nitrogens with two attached hydrogens (primary N) is 1. The summed E-state index contributed by atoms with van der Waals surface area (Å²) >= 11 is 0. The highest BCUT2D eigenvalue weighted by Gasteiger charge is 2.17. The summed E-state index contributed by atoms with van der Waals surface area (Å²) in [7, 11) is 1.99. The SMILES string of the molecule is CCC(=O)NCCOc1ccc2nc(C(C)CCN)c3ncn(C)c3c2c1. The van der Waals surface area contributed by atoms with Crippen LogP contribution < -0.4 is 15.8 Å². The van der Waals surface area contributed by atoms with Crippen LogP contribution in [0.4, 0.5) is 0 Å². The largest absolute Gasteiger partial charge is 0.492 e. The normalized spacial score (nSPS) is 12.4. The van der Waals surface area contributed by atoms with Crippen molar-refractivity contribution in [3.8, 4) is 5.75 Å². The van der Waals surface area contributed by atoms with Crippen LogP contribution in [-0.4, -0.2) is 40.1 Å². The zero-order chi connectivity index (χ0) is 19.4. The molecule has 1 atom stereocenters. The second-order valence-electron chi connectivity index (χ2n) is 6.76. The van der Waals surface area contributed by atoms with Crippen molar-refractivity contribution in [2.24, 2.45) is 12.8 Å². The number of carbonyl (C=O) groups excluding carboxylic acids is 1. The van der Waals surface area contributed by atoms with Gasteiger partial charge in [0.25, 0.3) is 0 Å². The molecule has 1 unspecified atom stereocenters. The Morgan fingerprint density at radius 3 is 2.96 bits per heavy atom. The third-order valence-electron chi connectivity index (χ3n) is 4.72. The van der Waals surface area contributed by atoms with Crippen LogP contribution in [0.2, 0.25) is 0 Å². The van der Waals surface area contributed by atoms with Gasteiger partial charge in [-0.15, -0.1) is 0 Å². The van der Waals surface area contributed by atoms with Crippen molar-refractivity contribution < 1.29 is 9.53 Å². The number of imidazole rings is 1. The predicted octanol–water partition coefficient (Wildman–Crippen LogP) is 2.48. The maximum atomic E-state index is 11.3. The van der Waals surface area contributed by atoms with E-state index in [9.17, 15) is 4.79 Å². The van der Waals surface area contributed by atoms with Crippen LogP contribution in [0.5, 0.6) is 5.75 Å². The van der Waals surface area contributed by atoms with Gasteiger partial charge in [0, 0.05) is 24.8 Å². The molecule has 0 saturated carbocycles. The number of nitrogens with one attached hydrogen (secondary N) is 1. The summed E-state index contributed by atoms with van der Waals surface area (Å²) in [4.78, 5) is 20.7. The van der Waals surface area contributed by atoms with Gasteiger partial charge in [0.2, 0.25) is 5.91 Å². The fourth-order valence-electron chi connectivity index (χ4n) is 3.22. The fourth-order valence-corrected chi connectivity index (χ4v) is 3.22. The lowest BCUT2D eigenvalue weighted by atomic mass is 10.0. The van der Waals surface area contributed by atoms with E-state index in [-0.39, 0.29) is 11.8 Å². The number of benzene rings is 1. The van der Waals surface area contributed by atoms with Gasteiger partial charge in [-0.05, 0) is 31.2 Å². The van der Waals surface area contributed by atoms with E-state index < -0.39 is 0 Å². The van der Waals surface area contributed by atoms with Gasteiger partial charge in [0.05, 0.1) is 29.6 Å². The van der Waals surface area contributed by atoms with Crippen LogP contribution >= 0.6 is 0 Å². The quantitative estimate of drug-likeness (QED) is 0.595. The fraction of sp³-hybridized carbons (Fsp3) is 0.450. The summed E-state index contributed by atoms with van der Waals surface area (Å²) in [5, 5.41) is 3.81. The Kier molecular flexibility index (Phi) is 5.91. The molecule has 0 saturated heterocycles. The number of rotatable bonds is 8. The zero-order valence-electron chi connectivity index (χ0n) is 16.2. The Morgan fingerprint density at radius 2 is 2.22 bits per heavy atom. The number of pyridine rings is 1. The van der Waals surface area contributed by atoms with Crippen molar-refractivity contribution in [3.63, 3.8) is 0 Å². The number of aromatic nitrogens is 3. The van der Waals surface area contributed by atoms with Crippen molar-refractivity contribution in [1.29, 1.82) is 0 Å². The number of ether oxygens (including phenoxy) is 1. The molecule has 7 heteroatoms. The molecule has 0 bridgehead atoms. The first-order chi connectivity index (χ1) is 13.0. The highest BCUT2D eigenvalue weighted by atomic mass is 16.5. The van der Waals surface area contributed by atoms with Gasteiger partial charge in [0.1, 0.15) is 17.9 Å². The van der Waals surface area contributed by atoms with Crippen LogP contribution in [-0.2, 0) is 11.8 Å². The molecule has 0 fully saturated rings. The number of amides is 1. The zero-order valence-corrected chi connectivity index (χ0v) is 16.2. The van der Waals surface area contributed by atoms with Crippen LogP contribution in [0.15, 0.2) is 24.5 Å². The van der Waals surface area contributed by atoms with Crippen LogP contribution in [0.1, 0.15) is 38.3 Å². The smallest absolute Gasteiger partial charge is 0.219 e. The molecule has 0 spiro atoms. The predicted molar refractivity (Wildman–Crippen MR) is 107 cm³/mol. The first-order valence-electron chi connectivity index (χ1n) is 9.39. The number of hydrogen-bond acceptors (Lipinski definition) is 5. The van der Waals surface area contributed by atoms with Crippen LogP contribution in [0, 0.1) is 0 Å². The second kappa shape index (κ2) is 8.35. The lowest BCUT2D eigenvalue weighted by molar-refractivity contribution is -0.120. The summed E-state index contributed by atoms with van der Waals surface area (Å²) < 4.78 is 7.82. The van der Waals surface area contributed by atoms with Crippen molar-refractivity contribution in [2.75, 3.05) is 19.7 Å². The summed E-state index contributed by atoms with van der Waals surface area (Å²) in [5.41, 5.74) is 9.60. The molecular formula is C20H27N5O2. The van der Waals surface area contributed by atoms with E-state index in [1.165, 1.54) is 0 Å². The Bertz CT molecular complexity index is 950. The topological polar surface area (TPSA) is 95.1 Å². The summed E-state index contributed by atoms with van der Waals surface area (Å²) in [6.45, 7) is 5.49. The first-order valence-corrected chi connectivity index (χ1v) is 9.39. The van der Waals surface area contributed by atoms with Crippen LogP contribution in [0.3, 0.4) is 0 Å². The Labute approximate surface area is 158 Å². The van der Waals surface area contributed by atoms with Gasteiger partial charge in [-0.25, -0.2) is 4.98 Å². The van der Waals surface area contributed by atoms with E-state index in [0.29, 0.717) is 26.1 Å². The van der Waals surface area contributed by atoms with Gasteiger partial charge in [0.15, 0.2) is 0 Å². The molecule has 7 nitrogen and oxygen atoms in total. The van der Waals surface area contributed by atoms with E-state index in [4.69, 9.17) is 15.5 Å². The number of fused-ring (bicyclic) bond motifs is 3. The van der Waals surface area contributed by atoms with Gasteiger partial charge < -0.3 is 20.4 Å². The molecule has 0 aliphatic carbocycles. The molecule has 27 heavy (non-hydrogen) atoms. The number of hydrogen-bond donors (Lipinski definition) is 2. The maximum Gasteiger partial charge on any atom is 0.219 e. The number of carbonyl (C=O) groups is 1. The first kappa shape index (κ1) is 19.1. The summed E-state index contributed by atoms with van der Waals surface area (Å²) in [6.07, 6.45) is 3.16.